The van der Waals surface area contributed by atoms with Gasteiger partial charge < -0.3 is 9.84 Å². The number of benzene rings is 1. The average molecular weight is 374 g/mol. The summed E-state index contributed by atoms with van der Waals surface area (Å²) >= 11 is 0. The summed E-state index contributed by atoms with van der Waals surface area (Å²) < 4.78 is 5.40. The predicted molar refractivity (Wildman–Crippen MR) is 65.6 cm³/mol. The van der Waals surface area contributed by atoms with E-state index in [1.165, 1.54) is 12.2 Å². The summed E-state index contributed by atoms with van der Waals surface area (Å²) in [6.07, 6.45) is 5.68. The maximum atomic E-state index is 12.1. The number of carbonyl (C=O) groups excluding carboxylic acids is 1. The van der Waals surface area contributed by atoms with E-state index in [0.717, 1.165) is 5.56 Å². The second-order valence-corrected chi connectivity index (χ2v) is 4.92. The molecule has 0 saturated carbocycles. The van der Waals surface area contributed by atoms with E-state index in [1.54, 1.807) is 13.0 Å². The van der Waals surface area contributed by atoms with Gasteiger partial charge >= 0.3 is 68.9 Å². The monoisotopic (exact) mass is 374 g/mol. The van der Waals surface area contributed by atoms with Crippen LogP contribution in [0.5, 0.6) is 0 Å². The van der Waals surface area contributed by atoms with Gasteiger partial charge in [-0.05, 0) is 17.7 Å². The minimum atomic E-state index is -1.32. The Kier molecular flexibility index (Phi) is 4.65. The molecule has 0 bridgehead atoms. The van der Waals surface area contributed by atoms with E-state index in [-0.39, 0.29) is 74.7 Å². The van der Waals surface area contributed by atoms with Crippen molar-refractivity contribution in [1.29, 1.82) is 0 Å². The predicted octanol–water partition coefficient (Wildman–Crippen LogP) is -1.90. The van der Waals surface area contributed by atoms with Crippen molar-refractivity contribution in [2.45, 2.75) is 24.2 Å². The van der Waals surface area contributed by atoms with Crippen LogP contribution in [0.15, 0.2) is 48.6 Å². The van der Waals surface area contributed by atoms with Gasteiger partial charge in [-0.25, -0.2) is 0 Å². The second kappa shape index (κ2) is 5.62. The van der Waals surface area contributed by atoms with Crippen LogP contribution in [-0.4, -0.2) is 23.1 Å². The normalized spacial score (nSPS) is 35.9. The molecule has 19 heavy (non-hydrogen) atoms. The molecule has 3 rings (SSSR count). The Morgan fingerprint density at radius 1 is 1.32 bits per heavy atom. The molecule has 4 heteroatoms. The van der Waals surface area contributed by atoms with Crippen LogP contribution in [0.1, 0.15) is 12.5 Å². The third-order valence-electron chi connectivity index (χ3n) is 3.44. The van der Waals surface area contributed by atoms with Crippen LogP contribution in [0, 0.1) is 0 Å². The molecule has 0 spiro atoms. The number of ether oxygens (including phenoxy) is 1. The number of ketones is 1. The van der Waals surface area contributed by atoms with E-state index >= 15 is 0 Å². The zero-order valence-electron chi connectivity index (χ0n) is 11.0. The fourth-order valence-corrected chi connectivity index (χ4v) is 2.34. The molecule has 1 saturated heterocycles. The molecule has 0 radical (unpaired) electrons. The Bertz CT molecular complexity index is 548. The van der Waals surface area contributed by atoms with E-state index in [4.69, 9.17) is 4.74 Å². The van der Waals surface area contributed by atoms with Crippen LogP contribution in [0.3, 0.4) is 0 Å². The molecule has 3 nitrogen and oxygen atoms in total. The molecule has 92 valence electrons. The van der Waals surface area contributed by atoms with E-state index in [1.807, 2.05) is 36.4 Å². The molecule has 3 atom stereocenters. The van der Waals surface area contributed by atoms with Gasteiger partial charge in [-0.15, -0.1) is 0 Å². The van der Waals surface area contributed by atoms with Gasteiger partial charge in [-0.1, -0.05) is 55.0 Å². The molecule has 0 amide bonds. The Morgan fingerprint density at radius 2 is 2.00 bits per heavy atom. The van der Waals surface area contributed by atoms with Crippen molar-refractivity contribution in [3.63, 3.8) is 0 Å². The quantitative estimate of drug-likeness (QED) is 0.569. The maximum Gasteiger partial charge on any atom is 1.00 e. The van der Waals surface area contributed by atoms with E-state index in [9.17, 15) is 9.90 Å². The van der Waals surface area contributed by atoms with Crippen molar-refractivity contribution in [2.24, 2.45) is 0 Å². The Labute approximate surface area is 171 Å². The SMILES string of the molecule is C[C@@]1([O-])C=CC(=O)[C@]2(/C=C/c3ccccc3)O[C@@H]21.[Cs+]. The summed E-state index contributed by atoms with van der Waals surface area (Å²) in [6, 6.07) is 9.63. The van der Waals surface area contributed by atoms with Gasteiger partial charge in [0.05, 0.1) is 6.10 Å². The first-order valence-electron chi connectivity index (χ1n) is 5.91. The van der Waals surface area contributed by atoms with Crippen LogP contribution < -0.4 is 74.0 Å². The first-order valence-corrected chi connectivity index (χ1v) is 5.91. The third kappa shape index (κ3) is 2.87. The van der Waals surface area contributed by atoms with Crippen molar-refractivity contribution >= 4 is 11.9 Å². The standard InChI is InChI=1S/C15H13O3.Cs/c1-14(17)9-8-12(16)15(13(14)18-15)10-7-11-5-3-2-4-6-11;/h2-10,13H,1H3;/q-1;+1/b10-7+;/t13-,14-,15+;/m1./s1. The Morgan fingerprint density at radius 3 is 2.68 bits per heavy atom. The van der Waals surface area contributed by atoms with Crippen molar-refractivity contribution in [3.8, 4) is 0 Å². The van der Waals surface area contributed by atoms with Crippen LogP contribution >= 0.6 is 0 Å². The summed E-state index contributed by atoms with van der Waals surface area (Å²) in [5.41, 5.74) is -1.37. The molecule has 1 aromatic carbocycles. The van der Waals surface area contributed by atoms with E-state index < -0.39 is 17.3 Å². The van der Waals surface area contributed by atoms with Crippen LogP contribution in [0.2, 0.25) is 0 Å². The van der Waals surface area contributed by atoms with Crippen LogP contribution in [0.25, 0.3) is 6.08 Å². The zero-order valence-corrected chi connectivity index (χ0v) is 17.3. The molecule has 0 unspecified atom stereocenters. The minimum Gasteiger partial charge on any atom is -0.845 e. The second-order valence-electron chi connectivity index (χ2n) is 4.92. The summed E-state index contributed by atoms with van der Waals surface area (Å²) in [5.74, 6) is -0.145. The Balaban J connectivity index is 0.00000133. The minimum absolute atomic E-state index is 0. The molecule has 1 aliphatic carbocycles. The number of hydrogen-bond donors (Lipinski definition) is 0. The van der Waals surface area contributed by atoms with Crippen molar-refractivity contribution in [2.75, 3.05) is 0 Å². The topological polar surface area (TPSA) is 52.7 Å². The smallest absolute Gasteiger partial charge is 0.845 e. The van der Waals surface area contributed by atoms with E-state index in [0.29, 0.717) is 0 Å². The summed E-state index contributed by atoms with van der Waals surface area (Å²) in [4.78, 5) is 11.9. The Hall–Kier alpha value is 0.342. The van der Waals surface area contributed by atoms with Crippen molar-refractivity contribution in [3.05, 3.63) is 54.1 Å². The van der Waals surface area contributed by atoms with Gasteiger partial charge in [0.2, 0.25) is 0 Å². The number of hydrogen-bond acceptors (Lipinski definition) is 3. The molecule has 1 aromatic rings. The molecule has 0 N–H and O–H groups in total. The number of rotatable bonds is 2. The number of fused-ring (bicyclic) bond motifs is 1. The largest absolute Gasteiger partial charge is 1.00 e. The molecular weight excluding hydrogens is 361 g/mol. The molecule has 0 aromatic heterocycles. The maximum absolute atomic E-state index is 12.1. The molecular formula is C15H13CsO3. The summed E-state index contributed by atoms with van der Waals surface area (Å²) in [6.45, 7) is 1.54. The van der Waals surface area contributed by atoms with Crippen molar-refractivity contribution in [1.82, 2.24) is 0 Å². The average Bonchev–Trinajstić information content (AvgIpc) is 3.12. The van der Waals surface area contributed by atoms with Gasteiger partial charge in [0.1, 0.15) is 0 Å². The number of epoxide rings is 1. The van der Waals surface area contributed by atoms with Gasteiger partial charge in [-0.2, -0.15) is 0 Å². The first-order chi connectivity index (χ1) is 8.55. The van der Waals surface area contributed by atoms with Gasteiger partial charge in [-0.3, -0.25) is 4.79 Å². The number of carbonyl (C=O) groups is 1. The summed E-state index contributed by atoms with van der Waals surface area (Å²) in [5, 5.41) is 12.1. The van der Waals surface area contributed by atoms with Gasteiger partial charge in [0.25, 0.3) is 0 Å². The van der Waals surface area contributed by atoms with E-state index in [2.05, 4.69) is 0 Å². The fraction of sp³-hybridized carbons (Fsp3) is 0.267. The molecule has 2 aliphatic rings. The molecule has 1 aliphatic heterocycles. The summed E-state index contributed by atoms with van der Waals surface area (Å²) in [7, 11) is 0. The zero-order chi connectivity index (χ0) is 12.8. The molecule has 1 heterocycles. The third-order valence-corrected chi connectivity index (χ3v) is 3.44. The van der Waals surface area contributed by atoms with Crippen LogP contribution in [-0.2, 0) is 9.53 Å². The fourth-order valence-electron chi connectivity index (χ4n) is 2.34. The van der Waals surface area contributed by atoms with Gasteiger partial charge in [0, 0.05) is 0 Å². The van der Waals surface area contributed by atoms with Crippen molar-refractivity contribution < 1.29 is 83.5 Å². The molecule has 1 fully saturated rings. The van der Waals surface area contributed by atoms with Gasteiger partial charge in [0.15, 0.2) is 11.4 Å². The first kappa shape index (κ1) is 15.7. The van der Waals surface area contributed by atoms with Crippen LogP contribution in [0.4, 0.5) is 0 Å².